The number of nitriles is 1. The number of hydrogen-bond donors (Lipinski definition) is 0. The predicted octanol–water partition coefficient (Wildman–Crippen LogP) is 3.65. The molecule has 5 nitrogen and oxygen atoms in total. The van der Waals surface area contributed by atoms with Crippen LogP contribution < -0.4 is 9.64 Å². The third-order valence-corrected chi connectivity index (χ3v) is 4.78. The highest BCUT2D eigenvalue weighted by atomic mass is 16.5. The van der Waals surface area contributed by atoms with E-state index in [1.165, 1.54) is 5.39 Å². The van der Waals surface area contributed by atoms with Crippen LogP contribution in [0.25, 0.3) is 10.8 Å². The van der Waals surface area contributed by atoms with Crippen molar-refractivity contribution in [2.24, 2.45) is 0 Å². The standard InChI is InChI=1S/C21H20N4O/c1-24-11-13-25(14-12-24)20-18-7-3-2-5-16(18)8-9-19(20)26-21-17(15-22)6-4-10-23-21/h2-10H,11-14H2,1H3. The Balaban J connectivity index is 1.81. The normalized spacial score (nSPS) is 15.0. The minimum atomic E-state index is 0.348. The lowest BCUT2D eigenvalue weighted by atomic mass is 10.1. The Labute approximate surface area is 153 Å². The first kappa shape index (κ1) is 16.4. The highest BCUT2D eigenvalue weighted by Crippen LogP contribution is 2.39. The molecule has 1 fully saturated rings. The SMILES string of the molecule is CN1CCN(c2c(Oc3ncccc3C#N)ccc3ccccc23)CC1. The molecule has 130 valence electrons. The smallest absolute Gasteiger partial charge is 0.237 e. The van der Waals surface area contributed by atoms with Crippen LogP contribution >= 0.6 is 0 Å². The minimum absolute atomic E-state index is 0.348. The molecule has 3 aromatic rings. The van der Waals surface area contributed by atoms with Gasteiger partial charge in [0.25, 0.3) is 0 Å². The van der Waals surface area contributed by atoms with Crippen LogP contribution in [0.3, 0.4) is 0 Å². The van der Waals surface area contributed by atoms with Gasteiger partial charge in [-0.1, -0.05) is 30.3 Å². The molecule has 0 saturated carbocycles. The van der Waals surface area contributed by atoms with Crippen LogP contribution in [0.2, 0.25) is 0 Å². The van der Waals surface area contributed by atoms with Crippen LogP contribution in [0, 0.1) is 11.3 Å². The number of likely N-dealkylation sites (N-methyl/N-ethyl adjacent to an activating group) is 1. The van der Waals surface area contributed by atoms with Gasteiger partial charge in [0.2, 0.25) is 5.88 Å². The molecule has 5 heteroatoms. The van der Waals surface area contributed by atoms with Gasteiger partial charge in [-0.15, -0.1) is 0 Å². The third-order valence-electron chi connectivity index (χ3n) is 4.78. The molecule has 1 aromatic heterocycles. The number of piperazine rings is 1. The van der Waals surface area contributed by atoms with Gasteiger partial charge < -0.3 is 14.5 Å². The van der Waals surface area contributed by atoms with E-state index in [0.717, 1.165) is 43.0 Å². The van der Waals surface area contributed by atoms with Crippen molar-refractivity contribution in [2.75, 3.05) is 38.1 Å². The molecule has 1 aliphatic rings. The summed E-state index contributed by atoms with van der Waals surface area (Å²) in [7, 11) is 2.14. The lowest BCUT2D eigenvalue weighted by molar-refractivity contribution is 0.312. The van der Waals surface area contributed by atoms with Gasteiger partial charge in [-0.3, -0.25) is 0 Å². The number of rotatable bonds is 3. The van der Waals surface area contributed by atoms with Crippen molar-refractivity contribution in [3.63, 3.8) is 0 Å². The fraction of sp³-hybridized carbons (Fsp3) is 0.238. The van der Waals surface area contributed by atoms with E-state index in [1.54, 1.807) is 18.3 Å². The highest BCUT2D eigenvalue weighted by Gasteiger charge is 2.21. The maximum atomic E-state index is 9.33. The van der Waals surface area contributed by atoms with E-state index in [-0.39, 0.29) is 0 Å². The Hall–Kier alpha value is -3.10. The average Bonchev–Trinajstić information content (AvgIpc) is 2.69. The monoisotopic (exact) mass is 344 g/mol. The summed E-state index contributed by atoms with van der Waals surface area (Å²) in [5.41, 5.74) is 1.51. The Morgan fingerprint density at radius 2 is 1.81 bits per heavy atom. The molecule has 1 aliphatic heterocycles. The summed E-state index contributed by atoms with van der Waals surface area (Å²) < 4.78 is 6.13. The second kappa shape index (κ2) is 7.03. The van der Waals surface area contributed by atoms with Gasteiger partial charge in [0.1, 0.15) is 11.6 Å². The maximum Gasteiger partial charge on any atom is 0.237 e. The van der Waals surface area contributed by atoms with Crippen LogP contribution in [0.4, 0.5) is 5.69 Å². The van der Waals surface area contributed by atoms with Crippen LogP contribution in [0.5, 0.6) is 11.6 Å². The van der Waals surface area contributed by atoms with Gasteiger partial charge in [-0.2, -0.15) is 5.26 Å². The van der Waals surface area contributed by atoms with E-state index in [9.17, 15) is 5.26 Å². The van der Waals surface area contributed by atoms with E-state index < -0.39 is 0 Å². The molecule has 0 unspecified atom stereocenters. The molecule has 26 heavy (non-hydrogen) atoms. The first-order valence-corrected chi connectivity index (χ1v) is 8.74. The number of fused-ring (bicyclic) bond motifs is 1. The molecular weight excluding hydrogens is 324 g/mol. The molecule has 0 radical (unpaired) electrons. The van der Waals surface area contributed by atoms with Crippen molar-refractivity contribution in [1.82, 2.24) is 9.88 Å². The number of aromatic nitrogens is 1. The number of hydrogen-bond acceptors (Lipinski definition) is 5. The average molecular weight is 344 g/mol. The summed E-state index contributed by atoms with van der Waals surface area (Å²) in [6.07, 6.45) is 1.65. The largest absolute Gasteiger partial charge is 0.435 e. The van der Waals surface area contributed by atoms with E-state index in [2.05, 4.69) is 46.1 Å². The fourth-order valence-electron chi connectivity index (χ4n) is 3.34. The number of ether oxygens (including phenoxy) is 1. The maximum absolute atomic E-state index is 9.33. The zero-order valence-corrected chi connectivity index (χ0v) is 14.7. The van der Waals surface area contributed by atoms with Crippen molar-refractivity contribution >= 4 is 16.5 Å². The van der Waals surface area contributed by atoms with Crippen molar-refractivity contribution in [2.45, 2.75) is 0 Å². The van der Waals surface area contributed by atoms with Gasteiger partial charge in [-0.25, -0.2) is 4.98 Å². The highest BCUT2D eigenvalue weighted by molar-refractivity contribution is 5.97. The van der Waals surface area contributed by atoms with Crippen LogP contribution in [-0.2, 0) is 0 Å². The summed E-state index contributed by atoms with van der Waals surface area (Å²) in [5, 5.41) is 11.7. The lowest BCUT2D eigenvalue weighted by Crippen LogP contribution is -2.44. The van der Waals surface area contributed by atoms with Crippen LogP contribution in [0.15, 0.2) is 54.7 Å². The Kier molecular flexibility index (Phi) is 4.42. The Morgan fingerprint density at radius 1 is 1.00 bits per heavy atom. The fourth-order valence-corrected chi connectivity index (χ4v) is 3.34. The summed E-state index contributed by atoms with van der Waals surface area (Å²) in [6, 6.07) is 18.0. The van der Waals surface area contributed by atoms with E-state index in [0.29, 0.717) is 11.4 Å². The first-order chi connectivity index (χ1) is 12.8. The first-order valence-electron chi connectivity index (χ1n) is 8.74. The Morgan fingerprint density at radius 3 is 2.62 bits per heavy atom. The second-order valence-electron chi connectivity index (χ2n) is 6.49. The van der Waals surface area contributed by atoms with Gasteiger partial charge in [-0.05, 0) is 30.6 Å². The molecular formula is C21H20N4O. The number of nitrogens with zero attached hydrogens (tertiary/aromatic N) is 4. The van der Waals surface area contributed by atoms with E-state index in [4.69, 9.17) is 4.74 Å². The lowest BCUT2D eigenvalue weighted by Gasteiger charge is -2.35. The predicted molar refractivity (Wildman–Crippen MR) is 103 cm³/mol. The van der Waals surface area contributed by atoms with Crippen molar-refractivity contribution in [3.8, 4) is 17.7 Å². The topological polar surface area (TPSA) is 52.4 Å². The summed E-state index contributed by atoms with van der Waals surface area (Å²) >= 11 is 0. The summed E-state index contributed by atoms with van der Waals surface area (Å²) in [5.74, 6) is 1.09. The van der Waals surface area contributed by atoms with Crippen molar-refractivity contribution in [3.05, 3.63) is 60.3 Å². The van der Waals surface area contributed by atoms with Crippen molar-refractivity contribution < 1.29 is 4.74 Å². The molecule has 0 aliphatic carbocycles. The van der Waals surface area contributed by atoms with Gasteiger partial charge in [0.15, 0.2) is 5.75 Å². The van der Waals surface area contributed by atoms with E-state index in [1.807, 2.05) is 18.2 Å². The zero-order valence-electron chi connectivity index (χ0n) is 14.7. The second-order valence-corrected chi connectivity index (χ2v) is 6.49. The van der Waals surface area contributed by atoms with E-state index >= 15 is 0 Å². The molecule has 1 saturated heterocycles. The summed E-state index contributed by atoms with van der Waals surface area (Å²) in [4.78, 5) is 8.95. The van der Waals surface area contributed by atoms with Gasteiger partial charge in [0.05, 0.1) is 5.69 Å². The molecule has 4 rings (SSSR count). The number of pyridine rings is 1. The molecule has 0 N–H and O–H groups in total. The molecule has 2 heterocycles. The zero-order chi connectivity index (χ0) is 17.9. The third kappa shape index (κ3) is 3.07. The molecule has 0 amide bonds. The van der Waals surface area contributed by atoms with Gasteiger partial charge >= 0.3 is 0 Å². The van der Waals surface area contributed by atoms with Crippen LogP contribution in [-0.4, -0.2) is 43.1 Å². The van der Waals surface area contributed by atoms with Gasteiger partial charge in [0, 0.05) is 37.8 Å². The molecule has 0 bridgehead atoms. The quantitative estimate of drug-likeness (QED) is 0.726. The molecule has 0 atom stereocenters. The molecule has 2 aromatic carbocycles. The minimum Gasteiger partial charge on any atom is -0.435 e. The molecule has 0 spiro atoms. The van der Waals surface area contributed by atoms with Crippen LogP contribution in [0.1, 0.15) is 5.56 Å². The number of benzene rings is 2. The number of anilines is 1. The Bertz CT molecular complexity index is 971. The summed E-state index contributed by atoms with van der Waals surface area (Å²) in [6.45, 7) is 3.90. The van der Waals surface area contributed by atoms with Crippen molar-refractivity contribution in [1.29, 1.82) is 5.26 Å².